The number of benzene rings is 1. The first-order valence-corrected chi connectivity index (χ1v) is 6.01. The van der Waals surface area contributed by atoms with Crippen LogP contribution in [0.2, 0.25) is 5.02 Å². The average molecular weight is 269 g/mol. The number of aromatic amines is 1. The fraction of sp³-hybridized carbons (Fsp3) is 0.0909. The predicted octanol–water partition coefficient (Wildman–Crippen LogP) is 2.07. The van der Waals surface area contributed by atoms with Crippen molar-refractivity contribution < 1.29 is 5.11 Å². The van der Waals surface area contributed by atoms with Gasteiger partial charge in [0.2, 0.25) is 0 Å². The van der Waals surface area contributed by atoms with E-state index < -0.39 is 0 Å². The Morgan fingerprint density at radius 3 is 2.71 bits per heavy atom. The van der Waals surface area contributed by atoms with Crippen molar-refractivity contribution in [1.82, 2.24) is 9.97 Å². The van der Waals surface area contributed by atoms with Crippen LogP contribution in [0.25, 0.3) is 0 Å². The van der Waals surface area contributed by atoms with Crippen LogP contribution in [0.15, 0.2) is 45.3 Å². The quantitative estimate of drug-likeness (QED) is 0.837. The summed E-state index contributed by atoms with van der Waals surface area (Å²) in [6.45, 7) is 0.00889. The van der Waals surface area contributed by atoms with E-state index in [2.05, 4.69) is 9.97 Å². The Balaban J connectivity index is 2.25. The van der Waals surface area contributed by atoms with E-state index in [0.717, 1.165) is 10.5 Å². The maximum atomic E-state index is 11.3. The fourth-order valence-electron chi connectivity index (χ4n) is 1.21. The van der Waals surface area contributed by atoms with Gasteiger partial charge in [0.05, 0.1) is 12.9 Å². The first-order chi connectivity index (χ1) is 8.20. The Bertz CT molecular complexity index is 568. The van der Waals surface area contributed by atoms with Gasteiger partial charge in [-0.05, 0) is 17.7 Å². The SMILES string of the molecule is O=c1[nH]cnc(Sc2ccc(CO)cc2)c1Cl. The van der Waals surface area contributed by atoms with E-state index in [-0.39, 0.29) is 17.2 Å². The van der Waals surface area contributed by atoms with Crippen LogP contribution >= 0.6 is 23.4 Å². The molecule has 2 N–H and O–H groups in total. The first kappa shape index (κ1) is 12.2. The van der Waals surface area contributed by atoms with Crippen LogP contribution < -0.4 is 5.56 Å². The van der Waals surface area contributed by atoms with Gasteiger partial charge in [0, 0.05) is 4.90 Å². The van der Waals surface area contributed by atoms with E-state index in [0.29, 0.717) is 5.03 Å². The molecule has 0 bridgehead atoms. The molecule has 0 fully saturated rings. The summed E-state index contributed by atoms with van der Waals surface area (Å²) in [5.41, 5.74) is 0.482. The molecule has 1 heterocycles. The third-order valence-corrected chi connectivity index (χ3v) is 3.56. The van der Waals surface area contributed by atoms with Crippen LogP contribution in [-0.4, -0.2) is 15.1 Å². The summed E-state index contributed by atoms with van der Waals surface area (Å²) in [4.78, 5) is 18.6. The summed E-state index contributed by atoms with van der Waals surface area (Å²) in [5.74, 6) is 0. The molecule has 2 aromatic rings. The molecule has 0 aliphatic heterocycles. The largest absolute Gasteiger partial charge is 0.392 e. The molecule has 17 heavy (non-hydrogen) atoms. The molecule has 0 spiro atoms. The molecule has 0 aliphatic carbocycles. The second kappa shape index (κ2) is 5.35. The van der Waals surface area contributed by atoms with E-state index in [1.807, 2.05) is 24.3 Å². The molecule has 0 amide bonds. The lowest BCUT2D eigenvalue weighted by molar-refractivity contribution is 0.282. The number of aliphatic hydroxyl groups is 1. The van der Waals surface area contributed by atoms with E-state index in [1.165, 1.54) is 18.1 Å². The topological polar surface area (TPSA) is 66.0 Å². The van der Waals surface area contributed by atoms with Gasteiger partial charge in [-0.15, -0.1) is 0 Å². The van der Waals surface area contributed by atoms with Crippen LogP contribution in [0, 0.1) is 0 Å². The Morgan fingerprint density at radius 1 is 1.35 bits per heavy atom. The third-order valence-electron chi connectivity index (χ3n) is 2.09. The fourth-order valence-corrected chi connectivity index (χ4v) is 2.21. The molecule has 0 aliphatic rings. The van der Waals surface area contributed by atoms with E-state index in [1.54, 1.807) is 0 Å². The molecular weight excluding hydrogens is 260 g/mol. The third kappa shape index (κ3) is 2.88. The number of aromatic nitrogens is 2. The first-order valence-electron chi connectivity index (χ1n) is 4.81. The van der Waals surface area contributed by atoms with Gasteiger partial charge in [-0.3, -0.25) is 4.79 Å². The minimum absolute atomic E-state index is 0.00889. The van der Waals surface area contributed by atoms with Gasteiger partial charge in [-0.1, -0.05) is 35.5 Å². The lowest BCUT2D eigenvalue weighted by Gasteiger charge is -2.02. The molecule has 0 saturated heterocycles. The number of hydrogen-bond acceptors (Lipinski definition) is 4. The molecule has 0 unspecified atom stereocenters. The van der Waals surface area contributed by atoms with Gasteiger partial charge in [-0.25, -0.2) is 4.98 Å². The number of halogens is 1. The van der Waals surface area contributed by atoms with Crippen molar-refractivity contribution in [2.45, 2.75) is 16.5 Å². The predicted molar refractivity (Wildman–Crippen MR) is 66.4 cm³/mol. The van der Waals surface area contributed by atoms with Crippen LogP contribution in [0.3, 0.4) is 0 Å². The lowest BCUT2D eigenvalue weighted by atomic mass is 10.2. The second-order valence-electron chi connectivity index (χ2n) is 3.25. The number of rotatable bonds is 3. The summed E-state index contributed by atoms with van der Waals surface area (Å²) in [7, 11) is 0. The molecule has 0 atom stereocenters. The number of H-pyrrole nitrogens is 1. The van der Waals surface area contributed by atoms with Crippen LogP contribution in [0.1, 0.15) is 5.56 Å². The minimum Gasteiger partial charge on any atom is -0.392 e. The van der Waals surface area contributed by atoms with Gasteiger partial charge >= 0.3 is 0 Å². The Labute approximate surface area is 107 Å². The molecule has 88 valence electrons. The minimum atomic E-state index is -0.351. The molecule has 4 nitrogen and oxygen atoms in total. The molecule has 0 radical (unpaired) electrons. The molecule has 0 saturated carbocycles. The van der Waals surface area contributed by atoms with Crippen molar-refractivity contribution >= 4 is 23.4 Å². The lowest BCUT2D eigenvalue weighted by Crippen LogP contribution is -2.07. The molecular formula is C11H9ClN2O2S. The second-order valence-corrected chi connectivity index (χ2v) is 4.70. The van der Waals surface area contributed by atoms with Gasteiger partial charge in [0.15, 0.2) is 0 Å². The summed E-state index contributed by atoms with van der Waals surface area (Å²) in [5, 5.41) is 9.46. The highest BCUT2D eigenvalue weighted by molar-refractivity contribution is 7.99. The van der Waals surface area contributed by atoms with Crippen LogP contribution in [0.4, 0.5) is 0 Å². The van der Waals surface area contributed by atoms with Gasteiger partial charge in [0.1, 0.15) is 10.0 Å². The highest BCUT2D eigenvalue weighted by Gasteiger charge is 2.07. The van der Waals surface area contributed by atoms with Crippen molar-refractivity contribution in [2.24, 2.45) is 0 Å². The monoisotopic (exact) mass is 268 g/mol. The van der Waals surface area contributed by atoms with Gasteiger partial charge < -0.3 is 10.1 Å². The molecule has 2 rings (SSSR count). The van der Waals surface area contributed by atoms with E-state index >= 15 is 0 Å². The van der Waals surface area contributed by atoms with Crippen LogP contribution in [0.5, 0.6) is 0 Å². The van der Waals surface area contributed by atoms with Crippen molar-refractivity contribution in [1.29, 1.82) is 0 Å². The zero-order valence-corrected chi connectivity index (χ0v) is 10.3. The number of aliphatic hydroxyl groups excluding tert-OH is 1. The highest BCUT2D eigenvalue weighted by Crippen LogP contribution is 2.29. The molecule has 1 aromatic heterocycles. The number of hydrogen-bond donors (Lipinski definition) is 2. The number of nitrogens with one attached hydrogen (secondary N) is 1. The van der Waals surface area contributed by atoms with Gasteiger partial charge in [-0.2, -0.15) is 0 Å². The molecule has 6 heteroatoms. The molecule has 1 aromatic carbocycles. The normalized spacial score (nSPS) is 10.5. The van der Waals surface area contributed by atoms with E-state index in [9.17, 15) is 4.79 Å². The Hall–Kier alpha value is -1.30. The maximum Gasteiger partial charge on any atom is 0.270 e. The number of nitrogens with zero attached hydrogens (tertiary/aromatic N) is 1. The smallest absolute Gasteiger partial charge is 0.270 e. The summed E-state index contributed by atoms with van der Waals surface area (Å²) < 4.78 is 0. The standard InChI is InChI=1S/C11H9ClN2O2S/c12-9-10(16)13-6-14-11(9)17-8-3-1-7(5-15)2-4-8/h1-4,6,15H,5H2,(H,13,14,16). The summed E-state index contributed by atoms with van der Waals surface area (Å²) in [6.07, 6.45) is 1.32. The van der Waals surface area contributed by atoms with Crippen molar-refractivity contribution in [2.75, 3.05) is 0 Å². The van der Waals surface area contributed by atoms with E-state index in [4.69, 9.17) is 16.7 Å². The Kier molecular flexibility index (Phi) is 3.83. The zero-order valence-electron chi connectivity index (χ0n) is 8.68. The van der Waals surface area contributed by atoms with Crippen molar-refractivity contribution in [3.8, 4) is 0 Å². The van der Waals surface area contributed by atoms with Crippen molar-refractivity contribution in [3.63, 3.8) is 0 Å². The average Bonchev–Trinajstić information content (AvgIpc) is 2.36. The summed E-state index contributed by atoms with van der Waals surface area (Å²) in [6, 6.07) is 7.30. The van der Waals surface area contributed by atoms with Crippen molar-refractivity contribution in [3.05, 3.63) is 51.5 Å². The van der Waals surface area contributed by atoms with Gasteiger partial charge in [0.25, 0.3) is 5.56 Å². The highest BCUT2D eigenvalue weighted by atomic mass is 35.5. The zero-order chi connectivity index (χ0) is 12.3. The van der Waals surface area contributed by atoms with Crippen LogP contribution in [-0.2, 0) is 6.61 Å². The Morgan fingerprint density at radius 2 is 2.06 bits per heavy atom. The summed E-state index contributed by atoms with van der Waals surface area (Å²) >= 11 is 7.14. The maximum absolute atomic E-state index is 11.3.